The molecule has 0 saturated heterocycles. The summed E-state index contributed by atoms with van der Waals surface area (Å²) in [4.78, 5) is 11.6. The molecule has 0 fully saturated rings. The third-order valence-electron chi connectivity index (χ3n) is 1.79. The average molecular weight is 276 g/mol. The lowest BCUT2D eigenvalue weighted by Crippen LogP contribution is -2.25. The quantitative estimate of drug-likeness (QED) is 0.854. The number of alkyl halides is 1. The first kappa shape index (κ1) is 12.0. The maximum absolute atomic E-state index is 12.8. The summed E-state index contributed by atoms with van der Waals surface area (Å²) in [7, 11) is 1.40. The van der Waals surface area contributed by atoms with Crippen LogP contribution in [0.15, 0.2) is 18.2 Å². The van der Waals surface area contributed by atoms with Gasteiger partial charge in [0, 0.05) is 17.9 Å². The minimum absolute atomic E-state index is 0.238. The lowest BCUT2D eigenvalue weighted by atomic mass is 10.2. The van der Waals surface area contributed by atoms with Crippen molar-refractivity contribution >= 4 is 21.8 Å². The summed E-state index contributed by atoms with van der Waals surface area (Å²) in [5.41, 5.74) is 0.333. The second-order valence-corrected chi connectivity index (χ2v) is 3.58. The Labute approximate surface area is 95.7 Å². The van der Waals surface area contributed by atoms with Crippen LogP contribution in [0.5, 0.6) is 5.75 Å². The van der Waals surface area contributed by atoms with E-state index in [0.717, 1.165) is 0 Å². The number of carbonyl (C=O) groups excluding carboxylic acids is 1. The third kappa shape index (κ3) is 3.20. The average Bonchev–Trinajstić information content (AvgIpc) is 2.25. The van der Waals surface area contributed by atoms with Crippen molar-refractivity contribution < 1.29 is 13.9 Å². The highest BCUT2D eigenvalue weighted by molar-refractivity contribution is 9.09. The maximum atomic E-state index is 12.8. The van der Waals surface area contributed by atoms with Gasteiger partial charge in [-0.05, 0) is 12.1 Å². The molecule has 0 bridgehead atoms. The molecule has 15 heavy (non-hydrogen) atoms. The minimum atomic E-state index is -0.427. The second-order valence-electron chi connectivity index (χ2n) is 2.79. The molecule has 1 N–H and O–H groups in total. The van der Waals surface area contributed by atoms with Crippen LogP contribution in [-0.4, -0.2) is 24.9 Å². The number of halogens is 2. The van der Waals surface area contributed by atoms with E-state index < -0.39 is 5.82 Å². The van der Waals surface area contributed by atoms with Gasteiger partial charge in [0.05, 0.1) is 12.7 Å². The van der Waals surface area contributed by atoms with Crippen LogP contribution in [0, 0.1) is 5.82 Å². The van der Waals surface area contributed by atoms with Crippen LogP contribution in [-0.2, 0) is 0 Å². The molecule has 0 aliphatic rings. The third-order valence-corrected chi connectivity index (χ3v) is 2.18. The highest BCUT2D eigenvalue weighted by atomic mass is 79.9. The van der Waals surface area contributed by atoms with Gasteiger partial charge in [0.1, 0.15) is 11.6 Å². The van der Waals surface area contributed by atoms with E-state index in [1.54, 1.807) is 0 Å². The fourth-order valence-electron chi connectivity index (χ4n) is 1.11. The molecule has 0 aliphatic carbocycles. The Bertz CT molecular complexity index is 357. The van der Waals surface area contributed by atoms with E-state index in [1.165, 1.54) is 25.3 Å². The molecule has 5 heteroatoms. The van der Waals surface area contributed by atoms with Crippen molar-refractivity contribution in [3.05, 3.63) is 29.6 Å². The summed E-state index contributed by atoms with van der Waals surface area (Å²) in [5.74, 6) is -0.461. The topological polar surface area (TPSA) is 38.3 Å². The van der Waals surface area contributed by atoms with Crippen molar-refractivity contribution in [2.24, 2.45) is 0 Å². The lowest BCUT2D eigenvalue weighted by molar-refractivity contribution is 0.0953. The molecule has 0 saturated carbocycles. The van der Waals surface area contributed by atoms with Gasteiger partial charge in [-0.2, -0.15) is 0 Å². The first-order valence-electron chi connectivity index (χ1n) is 4.36. The van der Waals surface area contributed by atoms with Gasteiger partial charge in [-0.1, -0.05) is 15.9 Å². The standard InChI is InChI=1S/C10H11BrFNO2/c1-15-9-6-7(12)2-3-8(9)10(14)13-5-4-11/h2-3,6H,4-5H2,1H3,(H,13,14). The van der Waals surface area contributed by atoms with E-state index in [-0.39, 0.29) is 11.7 Å². The van der Waals surface area contributed by atoms with Crippen molar-refractivity contribution in [1.82, 2.24) is 5.32 Å². The molecule has 0 aliphatic heterocycles. The van der Waals surface area contributed by atoms with Gasteiger partial charge >= 0.3 is 0 Å². The zero-order chi connectivity index (χ0) is 11.3. The van der Waals surface area contributed by atoms with Crippen LogP contribution in [0.1, 0.15) is 10.4 Å². The van der Waals surface area contributed by atoms with Crippen molar-refractivity contribution in [2.45, 2.75) is 0 Å². The normalized spacial score (nSPS) is 9.80. The van der Waals surface area contributed by atoms with Gasteiger partial charge < -0.3 is 10.1 Å². The first-order valence-corrected chi connectivity index (χ1v) is 5.49. The summed E-state index contributed by atoms with van der Waals surface area (Å²) in [6.07, 6.45) is 0. The number of rotatable bonds is 4. The molecule has 1 amide bonds. The molecule has 0 unspecified atom stereocenters. The monoisotopic (exact) mass is 275 g/mol. The van der Waals surface area contributed by atoms with Gasteiger partial charge in [0.2, 0.25) is 0 Å². The van der Waals surface area contributed by atoms with Gasteiger partial charge in [-0.25, -0.2) is 4.39 Å². The molecule has 1 rings (SSSR count). The molecule has 3 nitrogen and oxygen atoms in total. The number of benzene rings is 1. The lowest BCUT2D eigenvalue weighted by Gasteiger charge is -2.08. The molecule has 0 spiro atoms. The summed E-state index contributed by atoms with van der Waals surface area (Å²) in [5, 5.41) is 3.32. The second kappa shape index (κ2) is 5.70. The molecule has 0 heterocycles. The van der Waals surface area contributed by atoms with Crippen LogP contribution in [0.2, 0.25) is 0 Å². The fourth-order valence-corrected chi connectivity index (χ4v) is 1.31. The number of hydrogen-bond donors (Lipinski definition) is 1. The van der Waals surface area contributed by atoms with Gasteiger partial charge in [0.15, 0.2) is 0 Å². The molecule has 1 aromatic rings. The molecule has 0 radical (unpaired) electrons. The smallest absolute Gasteiger partial charge is 0.255 e. The Balaban J connectivity index is 2.87. The fraction of sp³-hybridized carbons (Fsp3) is 0.300. The van der Waals surface area contributed by atoms with Gasteiger partial charge in [-0.15, -0.1) is 0 Å². The van der Waals surface area contributed by atoms with Gasteiger partial charge in [0.25, 0.3) is 5.91 Å². The molecule has 0 aromatic heterocycles. The molecule has 0 atom stereocenters. The van der Waals surface area contributed by atoms with E-state index in [9.17, 15) is 9.18 Å². The zero-order valence-corrected chi connectivity index (χ0v) is 9.80. The van der Waals surface area contributed by atoms with Crippen molar-refractivity contribution in [1.29, 1.82) is 0 Å². The van der Waals surface area contributed by atoms with E-state index in [0.29, 0.717) is 17.4 Å². The summed E-state index contributed by atoms with van der Waals surface area (Å²) >= 11 is 3.19. The van der Waals surface area contributed by atoms with Crippen LogP contribution >= 0.6 is 15.9 Å². The predicted molar refractivity (Wildman–Crippen MR) is 59.1 cm³/mol. The van der Waals surface area contributed by atoms with Crippen molar-refractivity contribution in [3.8, 4) is 5.75 Å². The summed E-state index contributed by atoms with van der Waals surface area (Å²) in [6.45, 7) is 0.513. The zero-order valence-electron chi connectivity index (χ0n) is 8.22. The Morgan fingerprint density at radius 2 is 2.33 bits per heavy atom. The summed E-state index contributed by atoms with van der Waals surface area (Å²) in [6, 6.07) is 3.81. The van der Waals surface area contributed by atoms with Crippen molar-refractivity contribution in [3.63, 3.8) is 0 Å². The first-order chi connectivity index (χ1) is 7.19. The number of methoxy groups -OCH3 is 1. The Morgan fingerprint density at radius 1 is 1.60 bits per heavy atom. The molecule has 1 aromatic carbocycles. The van der Waals surface area contributed by atoms with Crippen LogP contribution in [0.4, 0.5) is 4.39 Å². The minimum Gasteiger partial charge on any atom is -0.496 e. The van der Waals surface area contributed by atoms with E-state index in [4.69, 9.17) is 4.74 Å². The van der Waals surface area contributed by atoms with Gasteiger partial charge in [-0.3, -0.25) is 4.79 Å². The van der Waals surface area contributed by atoms with Crippen LogP contribution < -0.4 is 10.1 Å². The van der Waals surface area contributed by atoms with Crippen molar-refractivity contribution in [2.75, 3.05) is 19.0 Å². The molecular formula is C10H11BrFNO2. The summed E-state index contributed by atoms with van der Waals surface area (Å²) < 4.78 is 17.7. The number of ether oxygens (including phenoxy) is 1. The van der Waals surface area contributed by atoms with E-state index in [2.05, 4.69) is 21.2 Å². The number of nitrogens with one attached hydrogen (secondary N) is 1. The Hall–Kier alpha value is -1.10. The Morgan fingerprint density at radius 3 is 2.93 bits per heavy atom. The largest absolute Gasteiger partial charge is 0.496 e. The van der Waals surface area contributed by atoms with Crippen LogP contribution in [0.25, 0.3) is 0 Å². The predicted octanol–water partition coefficient (Wildman–Crippen LogP) is 1.96. The molecular weight excluding hydrogens is 265 g/mol. The highest BCUT2D eigenvalue weighted by Crippen LogP contribution is 2.19. The molecule has 82 valence electrons. The van der Waals surface area contributed by atoms with Crippen LogP contribution in [0.3, 0.4) is 0 Å². The Kier molecular flexibility index (Phi) is 4.55. The van der Waals surface area contributed by atoms with E-state index in [1.807, 2.05) is 0 Å². The number of amides is 1. The van der Waals surface area contributed by atoms with E-state index >= 15 is 0 Å². The maximum Gasteiger partial charge on any atom is 0.255 e. The highest BCUT2D eigenvalue weighted by Gasteiger charge is 2.11. The number of hydrogen-bond acceptors (Lipinski definition) is 2. The number of carbonyl (C=O) groups is 1. The SMILES string of the molecule is COc1cc(F)ccc1C(=O)NCCBr.